The van der Waals surface area contributed by atoms with Gasteiger partial charge in [-0.05, 0) is 65.6 Å². The van der Waals surface area contributed by atoms with Crippen molar-refractivity contribution in [2.45, 2.75) is 58.0 Å². The van der Waals surface area contributed by atoms with Crippen molar-refractivity contribution in [3.8, 4) is 0 Å². The van der Waals surface area contributed by atoms with Crippen molar-refractivity contribution in [1.82, 2.24) is 19.6 Å². The summed E-state index contributed by atoms with van der Waals surface area (Å²) in [7, 11) is 0. The summed E-state index contributed by atoms with van der Waals surface area (Å²) >= 11 is 0. The van der Waals surface area contributed by atoms with Gasteiger partial charge >= 0.3 is 0 Å². The molecule has 0 radical (unpaired) electrons. The average Bonchev–Trinajstić information content (AvgIpc) is 3.21. The van der Waals surface area contributed by atoms with E-state index in [0.29, 0.717) is 0 Å². The number of hydrogen-bond donors (Lipinski definition) is 0. The third kappa shape index (κ3) is 4.44. The Morgan fingerprint density at radius 2 is 1.27 bits per heavy atom. The van der Waals surface area contributed by atoms with Crippen molar-refractivity contribution >= 4 is 0 Å². The summed E-state index contributed by atoms with van der Waals surface area (Å²) in [6.07, 6.45) is 6.98. The highest BCUT2D eigenvalue weighted by atomic mass is 15.4. The van der Waals surface area contributed by atoms with Gasteiger partial charge in [0.25, 0.3) is 0 Å². The van der Waals surface area contributed by atoms with E-state index in [-0.39, 0.29) is 0 Å². The van der Waals surface area contributed by atoms with Gasteiger partial charge in [0.1, 0.15) is 0 Å². The molecule has 0 aromatic rings. The summed E-state index contributed by atoms with van der Waals surface area (Å²) < 4.78 is 0. The molecule has 0 bridgehead atoms. The van der Waals surface area contributed by atoms with Crippen molar-refractivity contribution in [3.05, 3.63) is 0 Å². The van der Waals surface area contributed by atoms with E-state index in [1.807, 2.05) is 0 Å². The predicted molar refractivity (Wildman–Crippen MR) is 93.2 cm³/mol. The Labute approximate surface area is 137 Å². The van der Waals surface area contributed by atoms with E-state index >= 15 is 0 Å². The highest BCUT2D eigenvalue weighted by Gasteiger charge is 2.24. The van der Waals surface area contributed by atoms with E-state index in [2.05, 4.69) is 33.4 Å². The van der Waals surface area contributed by atoms with E-state index in [4.69, 9.17) is 0 Å². The van der Waals surface area contributed by atoms with E-state index in [1.165, 1.54) is 91.1 Å². The molecule has 22 heavy (non-hydrogen) atoms. The number of nitrogens with zero attached hydrogens (tertiary/aromatic N) is 4. The molecule has 0 aromatic carbocycles. The van der Waals surface area contributed by atoms with Crippen LogP contribution in [0.4, 0.5) is 0 Å². The molecule has 4 heteroatoms. The molecule has 3 saturated heterocycles. The maximum Gasteiger partial charge on any atom is 0.0507 e. The third-order valence-electron chi connectivity index (χ3n) is 6.14. The Morgan fingerprint density at radius 3 is 1.86 bits per heavy atom. The number of likely N-dealkylation sites (tertiary alicyclic amines) is 2. The fraction of sp³-hybridized carbons (Fsp3) is 1.00. The average molecular weight is 309 g/mol. The predicted octanol–water partition coefficient (Wildman–Crippen LogP) is 1.92. The van der Waals surface area contributed by atoms with Gasteiger partial charge in [-0.2, -0.15) is 0 Å². The Morgan fingerprint density at radius 1 is 0.682 bits per heavy atom. The minimum Gasteiger partial charge on any atom is -0.301 e. The van der Waals surface area contributed by atoms with Crippen molar-refractivity contribution in [3.63, 3.8) is 0 Å². The third-order valence-corrected chi connectivity index (χ3v) is 6.14. The summed E-state index contributed by atoms with van der Waals surface area (Å²) in [4.78, 5) is 10.7. The molecule has 3 aliphatic rings. The summed E-state index contributed by atoms with van der Waals surface area (Å²) in [5, 5.41) is 0. The highest BCUT2D eigenvalue weighted by molar-refractivity contribution is 4.79. The van der Waals surface area contributed by atoms with Crippen LogP contribution in [0.15, 0.2) is 0 Å². The van der Waals surface area contributed by atoms with Crippen molar-refractivity contribution in [2.24, 2.45) is 0 Å². The van der Waals surface area contributed by atoms with Gasteiger partial charge in [-0.1, -0.05) is 0 Å². The summed E-state index contributed by atoms with van der Waals surface area (Å²) in [6, 6.07) is 1.65. The normalized spacial score (nSPS) is 32.5. The Kier molecular flexibility index (Phi) is 6.14. The molecular weight excluding hydrogens is 272 g/mol. The minimum absolute atomic E-state index is 0.821. The van der Waals surface area contributed by atoms with Crippen LogP contribution in [0, 0.1) is 0 Å². The lowest BCUT2D eigenvalue weighted by atomic mass is 10.2. The first-order valence-corrected chi connectivity index (χ1v) is 9.65. The minimum atomic E-state index is 0.821. The quantitative estimate of drug-likeness (QED) is 0.712. The largest absolute Gasteiger partial charge is 0.301 e. The molecular formula is C18H36N4. The van der Waals surface area contributed by atoms with Gasteiger partial charge in [0, 0.05) is 44.8 Å². The topological polar surface area (TPSA) is 13.0 Å². The second-order valence-electron chi connectivity index (χ2n) is 7.79. The summed E-state index contributed by atoms with van der Waals surface area (Å²) in [5.41, 5.74) is 0. The molecule has 128 valence electrons. The Bertz CT molecular complexity index is 335. The van der Waals surface area contributed by atoms with Crippen LogP contribution in [0.2, 0.25) is 0 Å². The van der Waals surface area contributed by atoms with Gasteiger partial charge in [-0.15, -0.1) is 0 Å². The Balaban J connectivity index is 1.27. The van der Waals surface area contributed by atoms with Crippen LogP contribution in [0.25, 0.3) is 0 Å². The molecule has 0 unspecified atom stereocenters. The molecule has 2 atom stereocenters. The lowest BCUT2D eigenvalue weighted by molar-refractivity contribution is 0.189. The summed E-state index contributed by atoms with van der Waals surface area (Å²) in [6.45, 7) is 16.4. The van der Waals surface area contributed by atoms with Crippen molar-refractivity contribution in [1.29, 1.82) is 0 Å². The van der Waals surface area contributed by atoms with Gasteiger partial charge in [-0.3, -0.25) is 14.7 Å². The van der Waals surface area contributed by atoms with Crippen LogP contribution >= 0.6 is 0 Å². The van der Waals surface area contributed by atoms with E-state index in [0.717, 1.165) is 12.1 Å². The smallest absolute Gasteiger partial charge is 0.0507 e. The summed E-state index contributed by atoms with van der Waals surface area (Å²) in [5.74, 6) is 0. The first-order valence-electron chi connectivity index (χ1n) is 9.65. The highest BCUT2D eigenvalue weighted by Crippen LogP contribution is 2.17. The molecule has 4 nitrogen and oxygen atoms in total. The fourth-order valence-electron chi connectivity index (χ4n) is 4.49. The van der Waals surface area contributed by atoms with E-state index < -0.39 is 0 Å². The molecule has 3 heterocycles. The zero-order valence-corrected chi connectivity index (χ0v) is 14.8. The van der Waals surface area contributed by atoms with Gasteiger partial charge in [0.05, 0.1) is 6.67 Å². The van der Waals surface area contributed by atoms with Crippen LogP contribution in [0.3, 0.4) is 0 Å². The van der Waals surface area contributed by atoms with Crippen LogP contribution in [0.5, 0.6) is 0 Å². The van der Waals surface area contributed by atoms with E-state index in [9.17, 15) is 0 Å². The van der Waals surface area contributed by atoms with Crippen molar-refractivity contribution < 1.29 is 0 Å². The fourth-order valence-corrected chi connectivity index (χ4v) is 4.49. The van der Waals surface area contributed by atoms with Gasteiger partial charge < -0.3 is 4.90 Å². The second-order valence-corrected chi connectivity index (χ2v) is 7.79. The number of rotatable bonds is 7. The van der Waals surface area contributed by atoms with Gasteiger partial charge in [0.2, 0.25) is 0 Å². The molecule has 0 spiro atoms. The zero-order chi connectivity index (χ0) is 15.4. The lowest BCUT2D eigenvalue weighted by Gasteiger charge is -2.25. The SMILES string of the molecule is C[C@H]1CCCN1CCCN1CCN(CCN2CCC[C@@H]2C)C1. The van der Waals surface area contributed by atoms with Crippen LogP contribution in [0.1, 0.15) is 46.0 Å². The monoisotopic (exact) mass is 308 g/mol. The Hall–Kier alpha value is -0.160. The van der Waals surface area contributed by atoms with E-state index in [1.54, 1.807) is 0 Å². The zero-order valence-electron chi connectivity index (χ0n) is 14.8. The second kappa shape index (κ2) is 8.09. The molecule has 3 rings (SSSR count). The van der Waals surface area contributed by atoms with Gasteiger partial charge in [0.15, 0.2) is 0 Å². The standard InChI is InChI=1S/C18H36N4/c1-17-6-3-9-21(17)11-5-8-19-12-13-20(16-19)14-15-22-10-4-7-18(22)2/h17-18H,3-16H2,1-2H3/t17-,18-/m0/s1. The molecule has 0 amide bonds. The first-order chi connectivity index (χ1) is 10.7. The molecule has 0 N–H and O–H groups in total. The lowest BCUT2D eigenvalue weighted by Crippen LogP contribution is -2.37. The van der Waals surface area contributed by atoms with Crippen LogP contribution in [-0.4, -0.2) is 90.7 Å². The molecule has 3 fully saturated rings. The first kappa shape index (κ1) is 16.7. The number of hydrogen-bond acceptors (Lipinski definition) is 4. The maximum atomic E-state index is 2.68. The molecule has 0 aliphatic carbocycles. The molecule has 0 saturated carbocycles. The molecule has 0 aromatic heterocycles. The molecule has 3 aliphatic heterocycles. The van der Waals surface area contributed by atoms with Crippen LogP contribution < -0.4 is 0 Å². The maximum absolute atomic E-state index is 2.68. The van der Waals surface area contributed by atoms with Crippen molar-refractivity contribution in [2.75, 3.05) is 59.0 Å². The van der Waals surface area contributed by atoms with Gasteiger partial charge in [-0.25, -0.2) is 0 Å². The van der Waals surface area contributed by atoms with Crippen LogP contribution in [-0.2, 0) is 0 Å².